The predicted octanol–water partition coefficient (Wildman–Crippen LogP) is 6.51. The minimum atomic E-state index is -0.813. The molecule has 0 N–H and O–H groups in total. The summed E-state index contributed by atoms with van der Waals surface area (Å²) in [5.41, 5.74) is 2.91. The molecule has 0 spiro atoms. The maximum Gasteiger partial charge on any atom is 0.258 e. The number of aromatic nitrogens is 1. The van der Waals surface area contributed by atoms with Crippen molar-refractivity contribution in [3.63, 3.8) is 0 Å². The van der Waals surface area contributed by atoms with Gasteiger partial charge in [0.2, 0.25) is 5.69 Å². The van der Waals surface area contributed by atoms with Gasteiger partial charge in [-0.2, -0.15) is 0 Å². The van der Waals surface area contributed by atoms with Crippen molar-refractivity contribution in [3.05, 3.63) is 76.7 Å². The van der Waals surface area contributed by atoms with Crippen molar-refractivity contribution in [1.82, 2.24) is 9.88 Å². The van der Waals surface area contributed by atoms with Crippen LogP contribution in [0.4, 0.5) is 17.2 Å². The summed E-state index contributed by atoms with van der Waals surface area (Å²) in [7, 11) is 3.93. The molecule has 1 aliphatic heterocycles. The number of amides is 1. The molecule has 0 saturated carbocycles. The van der Waals surface area contributed by atoms with Gasteiger partial charge in [0.05, 0.1) is 23.9 Å². The van der Waals surface area contributed by atoms with Gasteiger partial charge < -0.3 is 14.5 Å². The zero-order chi connectivity index (χ0) is 27.6. The number of thiocarbonyl (C=S) groups is 1. The zero-order valence-corrected chi connectivity index (χ0v) is 23.7. The summed E-state index contributed by atoms with van der Waals surface area (Å²) in [5.74, 6) is 1.57. The van der Waals surface area contributed by atoms with Crippen LogP contribution in [0.3, 0.4) is 0 Å². The molecule has 7 nitrogen and oxygen atoms in total. The van der Waals surface area contributed by atoms with E-state index in [1.807, 2.05) is 74.3 Å². The van der Waals surface area contributed by atoms with Crippen molar-refractivity contribution in [3.8, 4) is 16.9 Å². The molecule has 0 aliphatic carbocycles. The number of rotatable bonds is 8. The lowest BCUT2D eigenvalue weighted by Gasteiger charge is -2.29. The van der Waals surface area contributed by atoms with Gasteiger partial charge in [0.25, 0.3) is 5.91 Å². The summed E-state index contributed by atoms with van der Waals surface area (Å²) in [5, 5.41) is 0.763. The van der Waals surface area contributed by atoms with E-state index in [-0.39, 0.29) is 5.91 Å². The zero-order valence-electron chi connectivity index (χ0n) is 22.2. The highest BCUT2D eigenvalue weighted by atomic mass is 35.5. The van der Waals surface area contributed by atoms with Crippen molar-refractivity contribution in [2.75, 3.05) is 37.0 Å². The second-order valence-corrected chi connectivity index (χ2v) is 10.6. The van der Waals surface area contributed by atoms with Gasteiger partial charge >= 0.3 is 0 Å². The molecule has 0 radical (unpaired) electrons. The second-order valence-electron chi connectivity index (χ2n) is 9.81. The predicted molar refractivity (Wildman–Crippen MR) is 157 cm³/mol. The van der Waals surface area contributed by atoms with Crippen LogP contribution in [0.15, 0.2) is 54.7 Å². The Hall–Kier alpha value is -3.67. The third-order valence-electron chi connectivity index (χ3n) is 6.71. The number of nitrogens with zero attached hydrogens (tertiary/aromatic N) is 5. The largest absolute Gasteiger partial charge is 0.494 e. The van der Waals surface area contributed by atoms with Crippen LogP contribution in [0.1, 0.15) is 25.8 Å². The molecular formula is C29H30ClN5O2S. The molecule has 0 unspecified atom stereocenters. The molecule has 1 aromatic heterocycles. The summed E-state index contributed by atoms with van der Waals surface area (Å²) in [6.45, 7) is 13.8. The van der Waals surface area contributed by atoms with Crippen molar-refractivity contribution < 1.29 is 9.53 Å². The number of ether oxygens (including phenoxy) is 1. The molecule has 3 aromatic rings. The molecule has 38 heavy (non-hydrogen) atoms. The number of carbonyl (C=O) groups is 1. The van der Waals surface area contributed by atoms with E-state index >= 15 is 0 Å². The molecular weight excluding hydrogens is 518 g/mol. The van der Waals surface area contributed by atoms with Gasteiger partial charge in [-0.1, -0.05) is 29.8 Å². The van der Waals surface area contributed by atoms with Gasteiger partial charge in [0.15, 0.2) is 5.11 Å². The van der Waals surface area contributed by atoms with E-state index < -0.39 is 5.54 Å². The average Bonchev–Trinajstić information content (AvgIpc) is 3.07. The number of pyridine rings is 1. The Morgan fingerprint density at radius 3 is 2.39 bits per heavy atom. The van der Waals surface area contributed by atoms with E-state index in [4.69, 9.17) is 35.1 Å². The van der Waals surface area contributed by atoms with Gasteiger partial charge in [-0.3, -0.25) is 9.69 Å². The number of hydrogen-bond donors (Lipinski definition) is 0. The number of benzene rings is 2. The lowest BCUT2D eigenvalue weighted by Crippen LogP contribution is -2.44. The van der Waals surface area contributed by atoms with E-state index in [0.717, 1.165) is 22.7 Å². The second kappa shape index (κ2) is 11.0. The van der Waals surface area contributed by atoms with E-state index in [1.54, 1.807) is 19.1 Å². The Balaban J connectivity index is 1.37. The smallest absolute Gasteiger partial charge is 0.258 e. The normalized spacial score (nSPS) is 14.6. The van der Waals surface area contributed by atoms with Gasteiger partial charge in [-0.15, -0.1) is 0 Å². The Kier molecular flexibility index (Phi) is 7.91. The van der Waals surface area contributed by atoms with Crippen LogP contribution >= 0.6 is 23.8 Å². The molecule has 1 fully saturated rings. The van der Waals surface area contributed by atoms with E-state index in [1.165, 1.54) is 4.90 Å². The number of anilines is 2. The van der Waals surface area contributed by atoms with Crippen molar-refractivity contribution in [2.45, 2.75) is 32.7 Å². The summed E-state index contributed by atoms with van der Waals surface area (Å²) < 4.78 is 5.97. The minimum absolute atomic E-state index is 0.123. The molecule has 9 heteroatoms. The van der Waals surface area contributed by atoms with Crippen LogP contribution in [0, 0.1) is 13.5 Å². The highest BCUT2D eigenvalue weighted by Crippen LogP contribution is 2.39. The van der Waals surface area contributed by atoms with E-state index in [2.05, 4.69) is 15.9 Å². The Morgan fingerprint density at radius 1 is 1.11 bits per heavy atom. The third-order valence-corrected chi connectivity index (χ3v) is 7.59. The van der Waals surface area contributed by atoms with E-state index in [0.29, 0.717) is 46.6 Å². The Morgan fingerprint density at radius 2 is 1.79 bits per heavy atom. The molecule has 1 amide bonds. The van der Waals surface area contributed by atoms with E-state index in [9.17, 15) is 4.79 Å². The van der Waals surface area contributed by atoms with Crippen LogP contribution in [0.25, 0.3) is 16.0 Å². The van der Waals surface area contributed by atoms with Crippen LogP contribution < -0.4 is 14.5 Å². The highest BCUT2D eigenvalue weighted by Gasteiger charge is 2.49. The molecule has 196 valence electrons. The number of carbonyl (C=O) groups excluding carboxylic acids is 1. The molecule has 2 heterocycles. The quantitative estimate of drug-likeness (QED) is 0.182. The number of hydrogen-bond acceptors (Lipinski definition) is 5. The molecule has 1 aliphatic rings. The monoisotopic (exact) mass is 547 g/mol. The minimum Gasteiger partial charge on any atom is -0.494 e. The highest BCUT2D eigenvalue weighted by molar-refractivity contribution is 7.80. The van der Waals surface area contributed by atoms with Crippen molar-refractivity contribution in [1.29, 1.82) is 0 Å². The molecule has 4 rings (SSSR count). The lowest BCUT2D eigenvalue weighted by molar-refractivity contribution is -0.123. The first-order chi connectivity index (χ1) is 18.1. The summed E-state index contributed by atoms with van der Waals surface area (Å²) in [6, 6.07) is 15.3. The Labute approximate surface area is 234 Å². The molecule has 0 atom stereocenters. The third kappa shape index (κ3) is 5.17. The SMILES string of the molecule is [C-]#[N+]c1ccc(N2C(=O)C(C)(C)N(CCCOc3ccc(-c4ccc(N(C)C)nc4)cc3)C2=S)c(C)c1Cl. The first-order valence-electron chi connectivity index (χ1n) is 12.3. The standard InChI is InChI=1S/C29H30ClN5O2S/c1-19-24(14-13-23(31-4)26(19)30)35-27(36)29(2,3)34(28(35)38)16-7-17-37-22-11-8-20(9-12-22)21-10-15-25(32-18-21)33(5)6/h8-15,18H,7,16-17H2,1-3,5-6H3. The van der Waals surface area contributed by atoms with Crippen LogP contribution in [-0.4, -0.2) is 53.7 Å². The van der Waals surface area contributed by atoms with Crippen LogP contribution in [-0.2, 0) is 4.79 Å². The van der Waals surface area contributed by atoms with Gasteiger partial charge in [-0.05, 0) is 80.9 Å². The molecule has 2 aromatic carbocycles. The maximum absolute atomic E-state index is 13.4. The molecule has 0 bridgehead atoms. The van der Waals surface area contributed by atoms with Gasteiger partial charge in [0.1, 0.15) is 17.1 Å². The average molecular weight is 548 g/mol. The fraction of sp³-hybridized carbons (Fsp3) is 0.310. The first-order valence-corrected chi connectivity index (χ1v) is 13.0. The maximum atomic E-state index is 13.4. The van der Waals surface area contributed by atoms with Gasteiger partial charge in [-0.25, -0.2) is 9.83 Å². The lowest BCUT2D eigenvalue weighted by atomic mass is 10.0. The van der Waals surface area contributed by atoms with Crippen LogP contribution in [0.2, 0.25) is 5.02 Å². The Bertz CT molecular complexity index is 1400. The van der Waals surface area contributed by atoms with Gasteiger partial charge in [0, 0.05) is 32.4 Å². The van der Waals surface area contributed by atoms with Crippen molar-refractivity contribution >= 4 is 52.0 Å². The fourth-order valence-electron chi connectivity index (χ4n) is 4.39. The van der Waals surface area contributed by atoms with Crippen LogP contribution in [0.5, 0.6) is 5.75 Å². The topological polar surface area (TPSA) is 53.3 Å². The number of halogens is 1. The summed E-state index contributed by atoms with van der Waals surface area (Å²) in [4.78, 5) is 26.7. The summed E-state index contributed by atoms with van der Waals surface area (Å²) in [6.07, 6.45) is 2.55. The van der Waals surface area contributed by atoms with Crippen molar-refractivity contribution in [2.24, 2.45) is 0 Å². The summed E-state index contributed by atoms with van der Waals surface area (Å²) >= 11 is 12.1. The fourth-order valence-corrected chi connectivity index (χ4v) is 5.09. The molecule has 1 saturated heterocycles. The first kappa shape index (κ1) is 27.4.